The van der Waals surface area contributed by atoms with Gasteiger partial charge in [0.2, 0.25) is 0 Å². The number of aryl methyl sites for hydroxylation is 1. The van der Waals surface area contributed by atoms with Gasteiger partial charge in [0.25, 0.3) is 5.91 Å². The van der Waals surface area contributed by atoms with Crippen molar-refractivity contribution in [3.8, 4) is 6.07 Å². The normalized spacial score (nSPS) is 18.1. The molecule has 4 heterocycles. The van der Waals surface area contributed by atoms with E-state index in [1.54, 1.807) is 23.5 Å². The number of rotatable bonds is 5. The number of nitriles is 1. The number of likely N-dealkylation sites (tertiary alicyclic amines) is 2. The van der Waals surface area contributed by atoms with Crippen molar-refractivity contribution >= 4 is 28.1 Å². The lowest BCUT2D eigenvalue weighted by Gasteiger charge is -2.33. The van der Waals surface area contributed by atoms with Gasteiger partial charge in [0, 0.05) is 31.2 Å². The molecule has 1 atom stereocenters. The van der Waals surface area contributed by atoms with Gasteiger partial charge >= 0.3 is 0 Å². The summed E-state index contributed by atoms with van der Waals surface area (Å²) in [6, 6.07) is 19.0. The molecule has 4 aromatic rings. The molecule has 0 N–H and O–H groups in total. The Morgan fingerprint density at radius 1 is 1.05 bits per heavy atom. The van der Waals surface area contributed by atoms with Crippen LogP contribution in [0.1, 0.15) is 46.7 Å². The third-order valence-electron chi connectivity index (χ3n) is 7.94. The van der Waals surface area contributed by atoms with Crippen LogP contribution in [0, 0.1) is 30.0 Å². The van der Waals surface area contributed by atoms with Gasteiger partial charge in [0.15, 0.2) is 0 Å². The zero-order valence-electron chi connectivity index (χ0n) is 22.4. The van der Waals surface area contributed by atoms with E-state index in [4.69, 9.17) is 5.26 Å². The topological polar surface area (TPSA) is 52.3 Å². The number of carbonyl (C=O) groups excluding carboxylic acids is 1. The maximum atomic E-state index is 13.4. The third-order valence-corrected chi connectivity index (χ3v) is 8.74. The quantitative estimate of drug-likeness (QED) is 0.282. The van der Waals surface area contributed by atoms with Crippen molar-refractivity contribution in [1.29, 1.82) is 5.26 Å². The third kappa shape index (κ3) is 6.58. The summed E-state index contributed by atoms with van der Waals surface area (Å²) >= 11 is 1.74. The second-order valence-corrected chi connectivity index (χ2v) is 11.5. The van der Waals surface area contributed by atoms with Crippen molar-refractivity contribution in [2.24, 2.45) is 5.92 Å². The Kier molecular flexibility index (Phi) is 8.75. The number of hydrogen-bond donors (Lipinski definition) is 0. The molecule has 2 fully saturated rings. The van der Waals surface area contributed by atoms with E-state index in [-0.39, 0.29) is 18.3 Å². The van der Waals surface area contributed by atoms with E-state index >= 15 is 0 Å². The number of carbonyl (C=O) groups is 1. The summed E-state index contributed by atoms with van der Waals surface area (Å²) in [7, 11) is 0. The monoisotopic (exact) mass is 542 g/mol. The van der Waals surface area contributed by atoms with Crippen LogP contribution in [0.15, 0.2) is 71.6 Å². The maximum Gasteiger partial charge on any atom is 0.256 e. The van der Waals surface area contributed by atoms with Crippen molar-refractivity contribution in [2.45, 2.75) is 38.6 Å². The Bertz CT molecular complexity index is 1410. The smallest absolute Gasteiger partial charge is 0.256 e. The molecule has 2 aromatic carbocycles. The lowest BCUT2D eigenvalue weighted by Crippen LogP contribution is -2.37. The number of para-hydroxylation sites is 1. The molecule has 0 saturated carbocycles. The fraction of sp³-hybridized carbons (Fsp3) is 0.375. The number of thiophene rings is 1. The summed E-state index contributed by atoms with van der Waals surface area (Å²) in [5.74, 6) is 0.886. The Morgan fingerprint density at radius 2 is 1.85 bits per heavy atom. The van der Waals surface area contributed by atoms with Crippen LogP contribution in [0.2, 0.25) is 0 Å². The molecular formula is C32H35FN4OS. The molecule has 0 radical (unpaired) electrons. The van der Waals surface area contributed by atoms with Crippen molar-refractivity contribution in [1.82, 2.24) is 14.4 Å². The highest BCUT2D eigenvalue weighted by atomic mass is 32.1. The summed E-state index contributed by atoms with van der Waals surface area (Å²) in [6.45, 7) is 7.02. The van der Waals surface area contributed by atoms with Gasteiger partial charge in [0.05, 0.1) is 17.1 Å². The Hall–Kier alpha value is -3.47. The second kappa shape index (κ2) is 12.6. The summed E-state index contributed by atoms with van der Waals surface area (Å²) in [5.41, 5.74) is 4.15. The first-order valence-electron chi connectivity index (χ1n) is 13.7. The van der Waals surface area contributed by atoms with Crippen LogP contribution in [0.3, 0.4) is 0 Å². The molecule has 0 spiro atoms. The minimum atomic E-state index is -0.175. The van der Waals surface area contributed by atoms with Crippen LogP contribution in [0.4, 0.5) is 4.39 Å². The highest BCUT2D eigenvalue weighted by Gasteiger charge is 2.30. The molecule has 0 unspecified atom stereocenters. The molecule has 1 amide bonds. The first kappa shape index (κ1) is 27.1. The number of fused-ring (bicyclic) bond motifs is 1. The summed E-state index contributed by atoms with van der Waals surface area (Å²) < 4.78 is 15.1. The summed E-state index contributed by atoms with van der Waals surface area (Å²) in [6.07, 6.45) is 5.10. The predicted molar refractivity (Wildman–Crippen MR) is 155 cm³/mol. The zero-order chi connectivity index (χ0) is 27.2. The number of benzene rings is 2. The van der Waals surface area contributed by atoms with Crippen LogP contribution in [-0.2, 0) is 6.54 Å². The molecule has 5 nitrogen and oxygen atoms in total. The molecule has 2 aliphatic heterocycles. The zero-order valence-corrected chi connectivity index (χ0v) is 23.2. The molecule has 39 heavy (non-hydrogen) atoms. The van der Waals surface area contributed by atoms with Crippen molar-refractivity contribution < 1.29 is 9.18 Å². The lowest BCUT2D eigenvalue weighted by atomic mass is 9.89. The van der Waals surface area contributed by atoms with Crippen LogP contribution in [0.5, 0.6) is 0 Å². The van der Waals surface area contributed by atoms with E-state index in [2.05, 4.69) is 34.7 Å². The molecule has 202 valence electrons. The first-order chi connectivity index (χ1) is 19.0. The van der Waals surface area contributed by atoms with Gasteiger partial charge in [-0.25, -0.2) is 4.39 Å². The molecule has 2 aromatic heterocycles. The molecule has 7 heteroatoms. The van der Waals surface area contributed by atoms with Gasteiger partial charge in [-0.2, -0.15) is 16.6 Å². The fourth-order valence-corrected chi connectivity index (χ4v) is 6.52. The summed E-state index contributed by atoms with van der Waals surface area (Å²) in [4.78, 5) is 17.9. The largest absolute Gasteiger partial charge is 0.338 e. The van der Waals surface area contributed by atoms with E-state index in [9.17, 15) is 9.18 Å². The van der Waals surface area contributed by atoms with E-state index < -0.39 is 0 Å². The van der Waals surface area contributed by atoms with Crippen LogP contribution >= 0.6 is 11.3 Å². The average molecular weight is 543 g/mol. The standard InChI is InChI=1S/C27H29FN4O.C5H6S/c28-24-6-4-21(5-7-24)22-9-13-30(14-10-22)18-20-8-15-32(19-20)27(33)25-3-1-2-23-11-16-31(17-12-29)26(23)25;1-5-2-3-6-4-5/h1-7,11,16,20,22H,8-10,13-15,17-19H2;2-4H,1H3/t20-;/m1./s1. The van der Waals surface area contributed by atoms with E-state index in [1.807, 2.05) is 52.1 Å². The Labute approximate surface area is 234 Å². The first-order valence-corrected chi connectivity index (χ1v) is 14.7. The highest BCUT2D eigenvalue weighted by Crippen LogP contribution is 2.30. The fourth-order valence-electron chi connectivity index (χ4n) is 5.86. The molecule has 0 bridgehead atoms. The summed E-state index contributed by atoms with van der Waals surface area (Å²) in [5, 5.41) is 14.3. The van der Waals surface area contributed by atoms with Gasteiger partial charge in [-0.05, 0) is 103 Å². The molecule has 2 aliphatic rings. The maximum absolute atomic E-state index is 13.4. The number of piperidine rings is 1. The van der Waals surface area contributed by atoms with E-state index in [0.29, 0.717) is 17.4 Å². The van der Waals surface area contributed by atoms with Gasteiger partial charge in [0.1, 0.15) is 12.4 Å². The molecule has 6 rings (SSSR count). The number of aromatic nitrogens is 1. The van der Waals surface area contributed by atoms with E-state index in [0.717, 1.165) is 62.9 Å². The minimum absolute atomic E-state index is 0.0657. The molecular weight excluding hydrogens is 507 g/mol. The predicted octanol–water partition coefficient (Wildman–Crippen LogP) is 6.70. The van der Waals surface area contributed by atoms with Gasteiger partial charge < -0.3 is 14.4 Å². The van der Waals surface area contributed by atoms with E-state index in [1.165, 1.54) is 11.1 Å². The lowest BCUT2D eigenvalue weighted by molar-refractivity contribution is 0.0783. The van der Waals surface area contributed by atoms with Crippen molar-refractivity contribution in [2.75, 3.05) is 32.7 Å². The average Bonchev–Trinajstić information content (AvgIpc) is 3.72. The van der Waals surface area contributed by atoms with Gasteiger partial charge in [-0.15, -0.1) is 0 Å². The minimum Gasteiger partial charge on any atom is -0.338 e. The van der Waals surface area contributed by atoms with Crippen LogP contribution < -0.4 is 0 Å². The van der Waals surface area contributed by atoms with Crippen molar-refractivity contribution in [3.63, 3.8) is 0 Å². The van der Waals surface area contributed by atoms with Gasteiger partial charge in [-0.1, -0.05) is 24.3 Å². The number of halogens is 1. The number of hydrogen-bond acceptors (Lipinski definition) is 4. The SMILES string of the molecule is Cc1ccsc1.N#CCn1ccc2cccc(C(=O)N3CC[C@H](CN4CCC(c5ccc(F)cc5)CC4)C3)c21. The number of amides is 1. The van der Waals surface area contributed by atoms with Crippen LogP contribution in [0.25, 0.3) is 10.9 Å². The Morgan fingerprint density at radius 3 is 2.51 bits per heavy atom. The molecule has 2 saturated heterocycles. The van der Waals surface area contributed by atoms with Crippen molar-refractivity contribution in [3.05, 3.63) is 94.1 Å². The molecule has 0 aliphatic carbocycles. The second-order valence-electron chi connectivity index (χ2n) is 10.7. The Balaban J connectivity index is 0.000000455. The van der Waals surface area contributed by atoms with Gasteiger partial charge in [-0.3, -0.25) is 4.79 Å². The highest BCUT2D eigenvalue weighted by molar-refractivity contribution is 7.07. The van der Waals surface area contributed by atoms with Crippen LogP contribution in [-0.4, -0.2) is 53.0 Å². The number of nitrogens with zero attached hydrogens (tertiary/aromatic N) is 4.